The molecule has 38 heavy (non-hydrogen) atoms. The van der Waals surface area contributed by atoms with Crippen molar-refractivity contribution in [3.05, 3.63) is 35.4 Å². The molecule has 1 unspecified atom stereocenters. The molecule has 0 spiro atoms. The van der Waals surface area contributed by atoms with Gasteiger partial charge in [0, 0.05) is 36.0 Å². The molecule has 1 aliphatic heterocycles. The minimum atomic E-state index is -0.806. The van der Waals surface area contributed by atoms with Crippen LogP contribution in [0, 0.1) is 11.8 Å². The minimum absolute atomic E-state index is 0.0774. The van der Waals surface area contributed by atoms with Crippen molar-refractivity contribution in [2.45, 2.75) is 83.5 Å². The Morgan fingerprint density at radius 1 is 0.895 bits per heavy atom. The summed E-state index contributed by atoms with van der Waals surface area (Å²) in [5.41, 5.74) is 2.43. The van der Waals surface area contributed by atoms with E-state index in [9.17, 15) is 19.2 Å². The van der Waals surface area contributed by atoms with Crippen molar-refractivity contribution in [2.75, 3.05) is 18.1 Å². The van der Waals surface area contributed by atoms with Gasteiger partial charge in [0.2, 0.25) is 23.6 Å². The standard InChI is InChI=1S/C28H44N4O4S2/c1-6-19(4)25-28(36)29-11-13-38-17-22-9-7-8-21(15-22)16-37-12-10-24(33)30-20(5)26(34)31-23(14-18(2)3)27(35)32-25/h7-9,15,18-20,23,25H,6,10-14,16-17H2,1-5H3,(H,29,36)(H,30,33)(H,31,34)(H,32,35)/t19-,20+,23?,25-/m0/s1. The van der Waals surface area contributed by atoms with Gasteiger partial charge in [0.05, 0.1) is 0 Å². The fourth-order valence-corrected chi connectivity index (χ4v) is 5.74. The number of amides is 4. The molecule has 8 nitrogen and oxygen atoms in total. The Bertz CT molecular complexity index is 943. The Kier molecular flexibility index (Phi) is 14.1. The molecule has 2 rings (SSSR count). The fourth-order valence-electron chi connectivity index (χ4n) is 4.05. The Morgan fingerprint density at radius 2 is 1.55 bits per heavy atom. The van der Waals surface area contributed by atoms with Gasteiger partial charge >= 0.3 is 0 Å². The predicted octanol–water partition coefficient (Wildman–Crippen LogP) is 3.24. The fraction of sp³-hybridized carbons (Fsp3) is 0.643. The number of fused-ring (bicyclic) bond motifs is 2. The van der Waals surface area contributed by atoms with E-state index in [2.05, 4.69) is 39.5 Å². The molecule has 0 saturated heterocycles. The molecule has 4 atom stereocenters. The van der Waals surface area contributed by atoms with E-state index in [4.69, 9.17) is 0 Å². The van der Waals surface area contributed by atoms with E-state index in [1.807, 2.05) is 33.8 Å². The van der Waals surface area contributed by atoms with Gasteiger partial charge in [-0.25, -0.2) is 0 Å². The molecular formula is C28H44N4O4S2. The molecule has 0 radical (unpaired) electrons. The summed E-state index contributed by atoms with van der Waals surface area (Å²) < 4.78 is 0. The second-order valence-electron chi connectivity index (χ2n) is 10.3. The van der Waals surface area contributed by atoms with Crippen molar-refractivity contribution in [1.29, 1.82) is 0 Å². The average Bonchev–Trinajstić information content (AvgIpc) is 2.87. The van der Waals surface area contributed by atoms with Crippen molar-refractivity contribution >= 4 is 47.2 Å². The lowest BCUT2D eigenvalue weighted by molar-refractivity contribution is -0.134. The summed E-state index contributed by atoms with van der Waals surface area (Å²) in [7, 11) is 0. The molecular weight excluding hydrogens is 520 g/mol. The van der Waals surface area contributed by atoms with Crippen LogP contribution in [0.3, 0.4) is 0 Å². The highest BCUT2D eigenvalue weighted by Crippen LogP contribution is 2.18. The molecule has 4 N–H and O–H groups in total. The topological polar surface area (TPSA) is 116 Å². The monoisotopic (exact) mass is 564 g/mol. The summed E-state index contributed by atoms with van der Waals surface area (Å²) >= 11 is 3.42. The van der Waals surface area contributed by atoms with Crippen LogP contribution < -0.4 is 21.3 Å². The van der Waals surface area contributed by atoms with Gasteiger partial charge in [0.15, 0.2) is 0 Å². The molecule has 0 saturated carbocycles. The number of hydrogen-bond donors (Lipinski definition) is 4. The van der Waals surface area contributed by atoms with Crippen molar-refractivity contribution < 1.29 is 19.2 Å². The van der Waals surface area contributed by atoms with E-state index in [0.29, 0.717) is 31.6 Å². The zero-order chi connectivity index (χ0) is 28.1. The molecule has 10 heteroatoms. The van der Waals surface area contributed by atoms with Gasteiger partial charge in [0.1, 0.15) is 18.1 Å². The Labute approximate surface area is 236 Å². The van der Waals surface area contributed by atoms with Crippen molar-refractivity contribution in [2.24, 2.45) is 11.8 Å². The zero-order valence-corrected chi connectivity index (χ0v) is 24.9. The van der Waals surface area contributed by atoms with Gasteiger partial charge in [0.25, 0.3) is 0 Å². The number of carbonyl (C=O) groups is 4. The Hall–Kier alpha value is -2.20. The lowest BCUT2D eigenvalue weighted by atomic mass is 9.96. The summed E-state index contributed by atoms with van der Waals surface area (Å²) in [6.45, 7) is 9.97. The van der Waals surface area contributed by atoms with Crippen molar-refractivity contribution in [3.8, 4) is 0 Å². The summed E-state index contributed by atoms with van der Waals surface area (Å²) in [5.74, 6) is 1.88. The molecule has 1 aromatic carbocycles. The lowest BCUT2D eigenvalue weighted by Gasteiger charge is -2.28. The number of rotatable bonds is 4. The highest BCUT2D eigenvalue weighted by Gasteiger charge is 2.31. The Morgan fingerprint density at radius 3 is 2.18 bits per heavy atom. The first-order valence-corrected chi connectivity index (χ1v) is 15.8. The summed E-state index contributed by atoms with van der Waals surface area (Å²) in [5, 5.41) is 11.4. The third-order valence-electron chi connectivity index (χ3n) is 6.45. The first kappa shape index (κ1) is 32.0. The number of hydrogen-bond acceptors (Lipinski definition) is 6. The van der Waals surface area contributed by atoms with E-state index in [0.717, 1.165) is 17.3 Å². The molecule has 1 heterocycles. The van der Waals surface area contributed by atoms with Gasteiger partial charge in [-0.15, -0.1) is 0 Å². The van der Waals surface area contributed by atoms with Crippen LogP contribution in [0.1, 0.15) is 65.0 Å². The summed E-state index contributed by atoms with van der Waals surface area (Å²) in [6.07, 6.45) is 1.44. The van der Waals surface area contributed by atoms with Gasteiger partial charge in [-0.2, -0.15) is 23.5 Å². The zero-order valence-electron chi connectivity index (χ0n) is 23.3. The van der Waals surface area contributed by atoms with Crippen molar-refractivity contribution in [1.82, 2.24) is 21.3 Å². The maximum absolute atomic E-state index is 13.3. The van der Waals surface area contributed by atoms with E-state index in [-0.39, 0.29) is 29.6 Å². The summed E-state index contributed by atoms with van der Waals surface area (Å²) in [6, 6.07) is 6.12. The maximum Gasteiger partial charge on any atom is 0.243 e. The lowest BCUT2D eigenvalue weighted by Crippen LogP contribution is -2.58. The predicted molar refractivity (Wildman–Crippen MR) is 157 cm³/mol. The molecule has 1 aliphatic rings. The molecule has 4 amide bonds. The van der Waals surface area contributed by atoms with E-state index in [1.165, 1.54) is 11.1 Å². The smallest absolute Gasteiger partial charge is 0.243 e. The molecule has 212 valence electrons. The van der Waals surface area contributed by atoms with Crippen LogP contribution in [-0.2, 0) is 30.7 Å². The van der Waals surface area contributed by atoms with E-state index >= 15 is 0 Å². The average molecular weight is 565 g/mol. The Balaban J connectivity index is 2.19. The third kappa shape index (κ3) is 11.3. The van der Waals surface area contributed by atoms with Crippen LogP contribution in [-0.4, -0.2) is 59.8 Å². The quantitative estimate of drug-likeness (QED) is 0.446. The second-order valence-corrected chi connectivity index (χ2v) is 12.5. The highest BCUT2D eigenvalue weighted by atomic mass is 32.2. The van der Waals surface area contributed by atoms with Crippen LogP contribution in [0.4, 0.5) is 0 Å². The van der Waals surface area contributed by atoms with Crippen molar-refractivity contribution in [3.63, 3.8) is 0 Å². The third-order valence-corrected chi connectivity index (χ3v) is 8.51. The number of thioether (sulfide) groups is 2. The van der Waals surface area contributed by atoms with Crippen LogP contribution >= 0.6 is 23.5 Å². The number of carbonyl (C=O) groups excluding carboxylic acids is 4. The highest BCUT2D eigenvalue weighted by molar-refractivity contribution is 7.98. The summed E-state index contributed by atoms with van der Waals surface area (Å²) in [4.78, 5) is 51.7. The van der Waals surface area contributed by atoms with Crippen LogP contribution in [0.2, 0.25) is 0 Å². The molecule has 0 aromatic heterocycles. The van der Waals surface area contributed by atoms with Gasteiger partial charge in [-0.05, 0) is 36.3 Å². The van der Waals surface area contributed by atoms with E-state index < -0.39 is 24.0 Å². The largest absolute Gasteiger partial charge is 0.353 e. The number of nitrogens with one attached hydrogen (secondary N) is 4. The molecule has 0 aliphatic carbocycles. The van der Waals surface area contributed by atoms with Crippen LogP contribution in [0.15, 0.2) is 24.3 Å². The normalized spacial score (nSPS) is 24.2. The van der Waals surface area contributed by atoms with Gasteiger partial charge in [-0.1, -0.05) is 58.4 Å². The van der Waals surface area contributed by atoms with Gasteiger partial charge < -0.3 is 21.3 Å². The van der Waals surface area contributed by atoms with Crippen LogP contribution in [0.5, 0.6) is 0 Å². The second kappa shape index (κ2) is 16.7. The maximum atomic E-state index is 13.3. The minimum Gasteiger partial charge on any atom is -0.353 e. The molecule has 1 aromatic rings. The SMILES string of the molecule is CC[C@H](C)[C@@H]1NC(=O)C(CC(C)C)NC(=O)[C@@H](C)NC(=O)CCSCc2cccc(c2)CSCCNC1=O. The van der Waals surface area contributed by atoms with E-state index in [1.54, 1.807) is 30.4 Å². The molecule has 0 fully saturated rings. The molecule has 2 bridgehead atoms. The first-order chi connectivity index (χ1) is 18.1. The number of benzene rings is 1. The first-order valence-electron chi connectivity index (χ1n) is 13.5. The van der Waals surface area contributed by atoms with Crippen LogP contribution in [0.25, 0.3) is 0 Å². The van der Waals surface area contributed by atoms with Gasteiger partial charge in [-0.3, -0.25) is 19.2 Å².